The van der Waals surface area contributed by atoms with Crippen molar-refractivity contribution in [3.05, 3.63) is 54.3 Å². The van der Waals surface area contributed by atoms with E-state index in [1.807, 2.05) is 4.98 Å². The van der Waals surface area contributed by atoms with E-state index in [0.717, 1.165) is 6.33 Å². The molecule has 0 bridgehead atoms. The first-order valence-electron chi connectivity index (χ1n) is 6.45. The summed E-state index contributed by atoms with van der Waals surface area (Å²) in [5.74, 6) is 0. The van der Waals surface area contributed by atoms with Gasteiger partial charge in [0, 0.05) is 0 Å². The summed E-state index contributed by atoms with van der Waals surface area (Å²) in [5.41, 5.74) is -2.21. The van der Waals surface area contributed by atoms with Crippen LogP contribution in [0.4, 0.5) is 4.79 Å². The molecule has 25 heavy (non-hydrogen) atoms. The molecule has 0 radical (unpaired) electrons. The van der Waals surface area contributed by atoms with Crippen LogP contribution in [0.25, 0.3) is 22.3 Å². The molecule has 0 saturated heterocycles. The van der Waals surface area contributed by atoms with Crippen LogP contribution in [0.1, 0.15) is 0 Å². The number of H-pyrrole nitrogens is 5. The molecule has 14 heteroatoms. The summed E-state index contributed by atoms with van der Waals surface area (Å²) in [4.78, 5) is 72.5. The molecule has 4 rings (SSSR count). The molecule has 0 spiro atoms. The summed E-state index contributed by atoms with van der Waals surface area (Å²) in [7, 11) is 0. The predicted molar refractivity (Wildman–Crippen MR) is 81.7 cm³/mol. The number of rotatable bonds is 0. The number of fused-ring (bicyclic) bond motifs is 2. The van der Waals surface area contributed by atoms with Crippen molar-refractivity contribution in [1.82, 2.24) is 39.5 Å². The van der Waals surface area contributed by atoms with E-state index >= 15 is 0 Å². The molecular formula is C11H8N8O6. The van der Waals surface area contributed by atoms with E-state index < -0.39 is 28.6 Å². The molecule has 0 amide bonds. The summed E-state index contributed by atoms with van der Waals surface area (Å²) in [6.45, 7) is 0. The summed E-state index contributed by atoms with van der Waals surface area (Å²) in [5, 5.41) is 8.64. The molecule has 0 aliphatic heterocycles. The topological polar surface area (TPSA) is 215 Å². The first-order valence-corrected chi connectivity index (χ1v) is 6.45. The first-order chi connectivity index (χ1) is 11.9. The number of aromatic nitrogens is 8. The lowest BCUT2D eigenvalue weighted by atomic mass is 10.5. The van der Waals surface area contributed by atoms with Crippen LogP contribution in [0, 0.1) is 0 Å². The summed E-state index contributed by atoms with van der Waals surface area (Å²) < 4.78 is 0.629. The standard InChI is InChI=1S/C6H4N4O4.C5H4N4O2/c11-4-2-3(8-5(12)9-4)7-1-10(2)6(13)14;10-4-2-3(7-1-6-2)8-5(11)9-4/h1H,(H,13,14)(H2,8,9,11,12);1H,(H3,6,7,8,9,10,11). The summed E-state index contributed by atoms with van der Waals surface area (Å²) >= 11 is 0. The van der Waals surface area contributed by atoms with Gasteiger partial charge in [-0.25, -0.2) is 28.9 Å². The lowest BCUT2D eigenvalue weighted by Gasteiger charge is -1.92. The molecule has 0 aliphatic rings. The number of nitrogens with one attached hydrogen (secondary N) is 5. The Balaban J connectivity index is 0.000000150. The third-order valence-electron chi connectivity index (χ3n) is 2.97. The Labute approximate surface area is 133 Å². The van der Waals surface area contributed by atoms with E-state index in [0.29, 0.717) is 4.57 Å². The van der Waals surface area contributed by atoms with Gasteiger partial charge in [0.1, 0.15) is 11.8 Å². The maximum Gasteiger partial charge on any atom is 0.417 e. The second-order valence-electron chi connectivity index (χ2n) is 4.54. The molecular weight excluding hydrogens is 340 g/mol. The van der Waals surface area contributed by atoms with Crippen LogP contribution in [0.5, 0.6) is 0 Å². The molecule has 0 aliphatic carbocycles. The SMILES string of the molecule is O=C(O)n1cnc2[nH]c(=O)[nH]c(=O)c21.O=c1[nH]c(=O)c2[nH]cnc2[nH]1. The number of hydrogen-bond donors (Lipinski definition) is 6. The number of hydrogen-bond acceptors (Lipinski definition) is 7. The highest BCUT2D eigenvalue weighted by Crippen LogP contribution is 2.00. The van der Waals surface area contributed by atoms with E-state index in [1.165, 1.54) is 6.33 Å². The van der Waals surface area contributed by atoms with E-state index in [9.17, 15) is 24.0 Å². The largest absolute Gasteiger partial charge is 0.464 e. The van der Waals surface area contributed by atoms with E-state index in [-0.39, 0.29) is 22.3 Å². The normalized spacial score (nSPS) is 10.6. The van der Waals surface area contributed by atoms with Gasteiger partial charge in [-0.15, -0.1) is 0 Å². The van der Waals surface area contributed by atoms with E-state index in [4.69, 9.17) is 5.11 Å². The molecule has 0 unspecified atom stereocenters. The Morgan fingerprint density at radius 2 is 1.56 bits per heavy atom. The van der Waals surface area contributed by atoms with Gasteiger partial charge in [-0.3, -0.25) is 29.5 Å². The maximum absolute atomic E-state index is 11.2. The zero-order chi connectivity index (χ0) is 18.1. The fourth-order valence-corrected chi connectivity index (χ4v) is 1.97. The van der Waals surface area contributed by atoms with Crippen LogP contribution < -0.4 is 22.5 Å². The van der Waals surface area contributed by atoms with Gasteiger partial charge in [0.2, 0.25) is 0 Å². The Hall–Kier alpha value is -4.23. The first kappa shape index (κ1) is 15.7. The Morgan fingerprint density at radius 3 is 2.24 bits per heavy atom. The smallest absolute Gasteiger partial charge is 0.417 e. The molecule has 0 saturated carbocycles. The van der Waals surface area contributed by atoms with Crippen molar-refractivity contribution in [2.45, 2.75) is 0 Å². The van der Waals surface area contributed by atoms with Crippen LogP contribution in [0.15, 0.2) is 31.8 Å². The van der Waals surface area contributed by atoms with Crippen molar-refractivity contribution in [1.29, 1.82) is 0 Å². The maximum atomic E-state index is 11.2. The number of carboxylic acid groups (broad SMARTS) is 1. The van der Waals surface area contributed by atoms with Crippen LogP contribution >= 0.6 is 0 Å². The number of nitrogens with zero attached hydrogens (tertiary/aromatic N) is 3. The third-order valence-corrected chi connectivity index (χ3v) is 2.97. The van der Waals surface area contributed by atoms with Crippen molar-refractivity contribution in [2.75, 3.05) is 0 Å². The Kier molecular flexibility index (Phi) is 3.61. The van der Waals surface area contributed by atoms with Gasteiger partial charge in [0.15, 0.2) is 16.8 Å². The van der Waals surface area contributed by atoms with Gasteiger partial charge in [0.25, 0.3) is 11.1 Å². The summed E-state index contributed by atoms with van der Waals surface area (Å²) in [6, 6.07) is 0. The number of aromatic amines is 5. The Morgan fingerprint density at radius 1 is 0.920 bits per heavy atom. The van der Waals surface area contributed by atoms with Crippen molar-refractivity contribution in [2.24, 2.45) is 0 Å². The average Bonchev–Trinajstić information content (AvgIpc) is 3.14. The highest BCUT2D eigenvalue weighted by atomic mass is 16.4. The molecule has 4 aromatic rings. The van der Waals surface area contributed by atoms with Gasteiger partial charge in [-0.05, 0) is 0 Å². The van der Waals surface area contributed by atoms with Gasteiger partial charge < -0.3 is 10.1 Å². The van der Waals surface area contributed by atoms with Gasteiger partial charge in [-0.2, -0.15) is 0 Å². The van der Waals surface area contributed by atoms with E-state index in [2.05, 4.69) is 29.9 Å². The highest BCUT2D eigenvalue weighted by molar-refractivity contribution is 5.82. The number of carbonyl (C=O) groups is 1. The van der Waals surface area contributed by atoms with Gasteiger partial charge >= 0.3 is 17.5 Å². The van der Waals surface area contributed by atoms with Gasteiger partial charge in [-0.1, -0.05) is 0 Å². The highest BCUT2D eigenvalue weighted by Gasteiger charge is 2.12. The molecule has 4 aromatic heterocycles. The van der Waals surface area contributed by atoms with Crippen LogP contribution in [0.3, 0.4) is 0 Å². The third kappa shape index (κ3) is 2.85. The average molecular weight is 348 g/mol. The lowest BCUT2D eigenvalue weighted by molar-refractivity contribution is 0.197. The Bertz CT molecular complexity index is 1310. The quantitative estimate of drug-likeness (QED) is 0.206. The van der Waals surface area contributed by atoms with Crippen molar-refractivity contribution >= 4 is 28.4 Å². The van der Waals surface area contributed by atoms with Crippen LogP contribution in [-0.2, 0) is 0 Å². The van der Waals surface area contributed by atoms with Crippen molar-refractivity contribution < 1.29 is 9.90 Å². The van der Waals surface area contributed by atoms with Crippen molar-refractivity contribution in [3.63, 3.8) is 0 Å². The minimum atomic E-state index is -1.34. The lowest BCUT2D eigenvalue weighted by Crippen LogP contribution is -2.24. The number of imidazole rings is 2. The van der Waals surface area contributed by atoms with Crippen LogP contribution in [0.2, 0.25) is 0 Å². The second-order valence-corrected chi connectivity index (χ2v) is 4.54. The molecule has 4 heterocycles. The summed E-state index contributed by atoms with van der Waals surface area (Å²) in [6.07, 6.45) is 0.943. The van der Waals surface area contributed by atoms with Crippen molar-refractivity contribution in [3.8, 4) is 0 Å². The zero-order valence-electron chi connectivity index (χ0n) is 12.0. The second kappa shape index (κ2) is 5.76. The molecule has 6 N–H and O–H groups in total. The predicted octanol–water partition coefficient (Wildman–Crippen LogP) is -2.12. The molecule has 0 aromatic carbocycles. The van der Waals surface area contributed by atoms with Gasteiger partial charge in [0.05, 0.1) is 6.33 Å². The van der Waals surface area contributed by atoms with E-state index in [1.54, 1.807) is 0 Å². The molecule has 0 atom stereocenters. The van der Waals surface area contributed by atoms with Crippen LogP contribution in [-0.4, -0.2) is 50.7 Å². The zero-order valence-corrected chi connectivity index (χ0v) is 12.0. The molecule has 0 fully saturated rings. The molecule has 14 nitrogen and oxygen atoms in total. The fourth-order valence-electron chi connectivity index (χ4n) is 1.97. The molecule has 128 valence electrons. The minimum absolute atomic E-state index is 0.0545. The monoisotopic (exact) mass is 348 g/mol. The minimum Gasteiger partial charge on any atom is -0.464 e. The fraction of sp³-hybridized carbons (Fsp3) is 0.